The van der Waals surface area contributed by atoms with Gasteiger partial charge in [0.2, 0.25) is 0 Å². The first-order valence-electron chi connectivity index (χ1n) is 9.66. The van der Waals surface area contributed by atoms with E-state index in [-0.39, 0.29) is 12.1 Å². The fraction of sp³-hybridized carbons (Fsp3) is 0.571. The van der Waals surface area contributed by atoms with E-state index in [1.54, 1.807) is 39.0 Å². The lowest BCUT2D eigenvalue weighted by molar-refractivity contribution is 0.00578. The molecule has 1 amide bonds. The van der Waals surface area contributed by atoms with Gasteiger partial charge in [-0.15, -0.1) is 0 Å². The highest BCUT2D eigenvalue weighted by atomic mass is 19.1. The largest absolute Gasteiger partial charge is 0.492 e. The van der Waals surface area contributed by atoms with Crippen molar-refractivity contribution in [3.63, 3.8) is 0 Å². The number of alkyl carbamates (subject to hydrolysis) is 1. The zero-order valence-corrected chi connectivity index (χ0v) is 18.3. The zero-order chi connectivity index (χ0) is 22.0. The summed E-state index contributed by atoms with van der Waals surface area (Å²) < 4.78 is 31.2. The molecule has 1 aliphatic heterocycles. The smallest absolute Gasteiger partial charge is 0.444 e. The monoisotopic (exact) mass is 407 g/mol. The van der Waals surface area contributed by atoms with Crippen molar-refractivity contribution in [1.29, 1.82) is 0 Å². The van der Waals surface area contributed by atoms with Gasteiger partial charge in [-0.05, 0) is 71.6 Å². The molecule has 29 heavy (non-hydrogen) atoms. The van der Waals surface area contributed by atoms with Crippen molar-refractivity contribution in [2.75, 3.05) is 6.54 Å². The minimum absolute atomic E-state index is 0.123. The first kappa shape index (κ1) is 23.4. The number of benzene rings is 1. The Kier molecular flexibility index (Phi) is 6.82. The van der Waals surface area contributed by atoms with Crippen LogP contribution in [0, 0.1) is 5.82 Å². The molecule has 2 rings (SSSR count). The maximum atomic E-state index is 13.7. The molecule has 1 aromatic carbocycles. The molecule has 0 atom stereocenters. The van der Waals surface area contributed by atoms with E-state index in [4.69, 9.17) is 14.0 Å². The second kappa shape index (κ2) is 8.46. The van der Waals surface area contributed by atoms with Gasteiger partial charge in [-0.2, -0.15) is 0 Å². The van der Waals surface area contributed by atoms with Crippen molar-refractivity contribution in [3.8, 4) is 0 Å². The fourth-order valence-corrected chi connectivity index (χ4v) is 2.70. The fourth-order valence-electron chi connectivity index (χ4n) is 2.70. The van der Waals surface area contributed by atoms with Crippen LogP contribution in [0.3, 0.4) is 0 Å². The van der Waals surface area contributed by atoms with Crippen molar-refractivity contribution >= 4 is 19.3 Å². The van der Waals surface area contributed by atoms with Crippen molar-refractivity contribution < 1.29 is 28.3 Å². The Morgan fingerprint density at radius 2 is 1.83 bits per heavy atom. The molecule has 0 saturated carbocycles. The number of carbonyl (C=O) groups is 1. The van der Waals surface area contributed by atoms with Gasteiger partial charge >= 0.3 is 13.2 Å². The zero-order valence-electron chi connectivity index (χ0n) is 18.3. The summed E-state index contributed by atoms with van der Waals surface area (Å²) in [6, 6.07) is 4.43. The van der Waals surface area contributed by atoms with Gasteiger partial charge in [0.05, 0.1) is 17.8 Å². The molecule has 0 radical (unpaired) electrons. The van der Waals surface area contributed by atoms with Gasteiger partial charge in [-0.1, -0.05) is 12.1 Å². The summed E-state index contributed by atoms with van der Waals surface area (Å²) in [6.45, 7) is 12.8. The molecule has 6 nitrogen and oxygen atoms in total. The highest BCUT2D eigenvalue weighted by Gasteiger charge is 2.52. The molecule has 1 aliphatic rings. The van der Waals surface area contributed by atoms with Gasteiger partial charge in [0.25, 0.3) is 0 Å². The van der Waals surface area contributed by atoms with Crippen molar-refractivity contribution in [2.45, 2.75) is 71.9 Å². The highest BCUT2D eigenvalue weighted by Crippen LogP contribution is 2.38. The van der Waals surface area contributed by atoms with E-state index in [1.807, 2.05) is 27.7 Å². The maximum absolute atomic E-state index is 13.7. The lowest BCUT2D eigenvalue weighted by Crippen LogP contribution is -2.41. The third kappa shape index (κ3) is 6.04. The number of nitrogens with one attached hydrogen (secondary N) is 1. The molecule has 2 N–H and O–H groups in total. The summed E-state index contributed by atoms with van der Waals surface area (Å²) in [6.07, 6.45) is 1.20. The summed E-state index contributed by atoms with van der Waals surface area (Å²) in [5.74, 6) is -0.478. The maximum Gasteiger partial charge on any atom is 0.492 e. The van der Waals surface area contributed by atoms with Gasteiger partial charge in [-0.25, -0.2) is 9.18 Å². The number of aliphatic hydroxyl groups excluding tert-OH is 1. The Hall–Kier alpha value is -1.90. The van der Waals surface area contributed by atoms with E-state index in [2.05, 4.69) is 5.32 Å². The van der Waals surface area contributed by atoms with E-state index in [0.29, 0.717) is 11.0 Å². The Morgan fingerprint density at radius 3 is 2.34 bits per heavy atom. The Labute approximate surface area is 172 Å². The van der Waals surface area contributed by atoms with Crippen LogP contribution in [0.15, 0.2) is 23.7 Å². The molecule has 1 fully saturated rings. The molecule has 8 heteroatoms. The third-order valence-corrected chi connectivity index (χ3v) is 4.98. The molecular formula is C21H31BFNO5. The quantitative estimate of drug-likeness (QED) is 0.725. The van der Waals surface area contributed by atoms with Crippen LogP contribution in [0.1, 0.15) is 59.6 Å². The summed E-state index contributed by atoms with van der Waals surface area (Å²) >= 11 is 0. The average Bonchev–Trinajstić information content (AvgIpc) is 2.79. The van der Waals surface area contributed by atoms with Gasteiger partial charge in [0.1, 0.15) is 11.4 Å². The van der Waals surface area contributed by atoms with Gasteiger partial charge in [0.15, 0.2) is 0 Å². The normalized spacial score (nSPS) is 18.7. The summed E-state index contributed by atoms with van der Waals surface area (Å²) in [4.78, 5) is 12.1. The molecule has 1 saturated heterocycles. The number of carbonyl (C=O) groups excluding carboxylic acids is 1. The molecule has 1 heterocycles. The van der Waals surface area contributed by atoms with Crippen LogP contribution in [0.4, 0.5) is 9.18 Å². The first-order chi connectivity index (χ1) is 13.2. The molecule has 0 aliphatic carbocycles. The third-order valence-electron chi connectivity index (χ3n) is 4.98. The number of ether oxygens (including phenoxy) is 1. The Bertz CT molecular complexity index is 770. The van der Waals surface area contributed by atoms with Crippen LogP contribution >= 0.6 is 0 Å². The number of hydrogen-bond acceptors (Lipinski definition) is 5. The van der Waals surface area contributed by atoms with E-state index in [0.717, 1.165) is 0 Å². The Morgan fingerprint density at radius 1 is 1.24 bits per heavy atom. The van der Waals surface area contributed by atoms with Crippen LogP contribution in [-0.4, -0.2) is 41.7 Å². The summed E-state index contributed by atoms with van der Waals surface area (Å²) in [5, 5.41) is 12.0. The predicted molar refractivity (Wildman–Crippen MR) is 111 cm³/mol. The molecule has 0 bridgehead atoms. The predicted octanol–water partition coefficient (Wildman–Crippen LogP) is 3.86. The highest BCUT2D eigenvalue weighted by molar-refractivity contribution is 6.56. The van der Waals surface area contributed by atoms with Crippen LogP contribution in [0.25, 0.3) is 6.08 Å². The number of amides is 1. The summed E-state index contributed by atoms with van der Waals surface area (Å²) in [5.41, 5.74) is -0.238. The number of aliphatic hydroxyl groups is 1. The standard InChI is InChI=1S/C21H31BFNO5/c1-19(2,3)27-18(26)24-12-16(22-28-20(4,5)21(6,7)29-22)11-14-8-9-17(23)15(10-14)13-25/h8-11,25H,12-13H2,1-7H3,(H,24,26). The molecule has 160 valence electrons. The second-order valence-electron chi connectivity index (χ2n) is 9.17. The molecule has 0 aromatic heterocycles. The molecule has 0 spiro atoms. The van der Waals surface area contributed by atoms with E-state index < -0.39 is 42.4 Å². The molecular weight excluding hydrogens is 376 g/mol. The minimum Gasteiger partial charge on any atom is -0.444 e. The van der Waals surface area contributed by atoms with Gasteiger partial charge in [0, 0.05) is 12.1 Å². The van der Waals surface area contributed by atoms with Crippen LogP contribution in [-0.2, 0) is 20.7 Å². The van der Waals surface area contributed by atoms with E-state index in [1.165, 1.54) is 6.07 Å². The minimum atomic E-state index is -0.697. The number of rotatable bonds is 5. The van der Waals surface area contributed by atoms with Crippen LogP contribution < -0.4 is 5.32 Å². The lowest BCUT2D eigenvalue weighted by Gasteiger charge is -2.32. The second-order valence-corrected chi connectivity index (χ2v) is 9.17. The van der Waals surface area contributed by atoms with Crippen molar-refractivity contribution in [1.82, 2.24) is 5.32 Å². The lowest BCUT2D eigenvalue weighted by atomic mass is 9.77. The molecule has 0 unspecified atom stereocenters. The SMILES string of the molecule is CC(C)(C)OC(=O)NCC(=Cc1ccc(F)c(CO)c1)B1OC(C)(C)C(C)(C)O1. The van der Waals surface area contributed by atoms with Crippen LogP contribution in [0.5, 0.6) is 0 Å². The van der Waals surface area contributed by atoms with Crippen LogP contribution in [0.2, 0.25) is 0 Å². The number of hydrogen-bond donors (Lipinski definition) is 2. The van der Waals surface area contributed by atoms with Crippen molar-refractivity contribution in [2.24, 2.45) is 0 Å². The topological polar surface area (TPSA) is 77.0 Å². The summed E-state index contributed by atoms with van der Waals surface area (Å²) in [7, 11) is -0.697. The number of halogens is 1. The first-order valence-corrected chi connectivity index (χ1v) is 9.66. The Balaban J connectivity index is 2.30. The van der Waals surface area contributed by atoms with E-state index in [9.17, 15) is 14.3 Å². The van der Waals surface area contributed by atoms with Crippen molar-refractivity contribution in [3.05, 3.63) is 40.6 Å². The van der Waals surface area contributed by atoms with Gasteiger partial charge < -0.3 is 24.5 Å². The average molecular weight is 407 g/mol. The van der Waals surface area contributed by atoms with Gasteiger partial charge in [-0.3, -0.25) is 0 Å². The molecule has 1 aromatic rings. The van der Waals surface area contributed by atoms with E-state index >= 15 is 0 Å².